The fraction of sp³-hybridized carbons (Fsp3) is 0.100. The molecule has 10 heteroatoms. The number of hydrogen-bond acceptors (Lipinski definition) is 4. The molecule has 1 heterocycles. The third-order valence-electron chi connectivity index (χ3n) is 3.78. The van der Waals surface area contributed by atoms with Gasteiger partial charge in [-0.3, -0.25) is 0 Å². The second-order valence-electron chi connectivity index (χ2n) is 5.97. The Morgan fingerprint density at radius 2 is 1.60 bits per heavy atom. The van der Waals surface area contributed by atoms with Gasteiger partial charge < -0.3 is 9.57 Å². The molecule has 0 aliphatic heterocycles. The minimum Gasteiger partial charge on any atom is -0.457 e. The molecular formula is C20H12Cl3F3N2O2. The van der Waals surface area contributed by atoms with Gasteiger partial charge in [0.1, 0.15) is 16.5 Å². The van der Waals surface area contributed by atoms with Crippen LogP contribution in [0, 0.1) is 0 Å². The van der Waals surface area contributed by atoms with Gasteiger partial charge in [0, 0.05) is 22.8 Å². The molecular weight excluding hydrogens is 464 g/mol. The Kier molecular flexibility index (Phi) is 6.75. The predicted octanol–water partition coefficient (Wildman–Crippen LogP) is 7.66. The second kappa shape index (κ2) is 9.12. The Labute approximate surface area is 184 Å². The summed E-state index contributed by atoms with van der Waals surface area (Å²) >= 11 is 17.9. The third-order valence-corrected chi connectivity index (χ3v) is 4.62. The Hall–Kier alpha value is -2.48. The van der Waals surface area contributed by atoms with E-state index in [1.807, 2.05) is 0 Å². The molecule has 0 saturated heterocycles. The Bertz CT molecular complexity index is 1090. The molecule has 0 spiro atoms. The molecule has 2 aromatic carbocycles. The van der Waals surface area contributed by atoms with E-state index < -0.39 is 11.7 Å². The lowest BCUT2D eigenvalue weighted by Gasteiger charge is -2.10. The van der Waals surface area contributed by atoms with Crippen molar-refractivity contribution in [3.05, 3.63) is 80.9 Å². The third kappa shape index (κ3) is 5.56. The van der Waals surface area contributed by atoms with Crippen LogP contribution in [0.15, 0.2) is 59.9 Å². The number of benzene rings is 2. The molecule has 0 N–H and O–H groups in total. The quantitative estimate of drug-likeness (QED) is 0.281. The SMILES string of the molecule is CC(=NOc1ncc(C(F)(F)F)cc1Cl)c1ccc(Oc2ccc(Cl)cc2)cc1Cl. The number of ether oxygens (including phenoxy) is 1. The monoisotopic (exact) mass is 474 g/mol. The molecule has 0 aliphatic carbocycles. The van der Waals surface area contributed by atoms with Gasteiger partial charge >= 0.3 is 6.18 Å². The van der Waals surface area contributed by atoms with Crippen LogP contribution in [0.4, 0.5) is 13.2 Å². The normalized spacial score (nSPS) is 12.0. The van der Waals surface area contributed by atoms with E-state index in [-0.39, 0.29) is 10.9 Å². The highest BCUT2D eigenvalue weighted by Gasteiger charge is 2.31. The average molecular weight is 476 g/mol. The van der Waals surface area contributed by atoms with Crippen molar-refractivity contribution >= 4 is 40.5 Å². The number of pyridine rings is 1. The lowest BCUT2D eigenvalue weighted by Crippen LogP contribution is -2.06. The van der Waals surface area contributed by atoms with Gasteiger partial charge in [0.2, 0.25) is 0 Å². The van der Waals surface area contributed by atoms with Gasteiger partial charge in [-0.25, -0.2) is 4.98 Å². The van der Waals surface area contributed by atoms with Crippen LogP contribution in [0.25, 0.3) is 0 Å². The summed E-state index contributed by atoms with van der Waals surface area (Å²) in [6.07, 6.45) is -3.94. The average Bonchev–Trinajstić information content (AvgIpc) is 2.68. The van der Waals surface area contributed by atoms with Gasteiger partial charge in [0.05, 0.1) is 16.3 Å². The Balaban J connectivity index is 1.74. The van der Waals surface area contributed by atoms with Crippen LogP contribution < -0.4 is 9.57 Å². The second-order valence-corrected chi connectivity index (χ2v) is 7.23. The van der Waals surface area contributed by atoms with Crippen molar-refractivity contribution in [2.75, 3.05) is 0 Å². The van der Waals surface area contributed by atoms with E-state index >= 15 is 0 Å². The molecule has 0 fully saturated rings. The summed E-state index contributed by atoms with van der Waals surface area (Å²) in [5, 5.41) is 4.45. The molecule has 0 radical (unpaired) electrons. The largest absolute Gasteiger partial charge is 0.457 e. The van der Waals surface area contributed by atoms with Crippen molar-refractivity contribution in [3.63, 3.8) is 0 Å². The number of alkyl halides is 3. The van der Waals surface area contributed by atoms with Crippen LogP contribution in [0.2, 0.25) is 15.1 Å². The minimum absolute atomic E-state index is 0.261. The van der Waals surface area contributed by atoms with Crippen LogP contribution in [0.1, 0.15) is 18.1 Å². The first-order valence-corrected chi connectivity index (χ1v) is 9.44. The maximum Gasteiger partial charge on any atom is 0.417 e. The van der Waals surface area contributed by atoms with Gasteiger partial charge in [-0.05, 0) is 49.4 Å². The fourth-order valence-electron chi connectivity index (χ4n) is 2.30. The minimum atomic E-state index is -4.56. The summed E-state index contributed by atoms with van der Waals surface area (Å²) in [6.45, 7) is 1.61. The molecule has 1 aromatic heterocycles. The van der Waals surface area contributed by atoms with Gasteiger partial charge in [0.15, 0.2) is 0 Å². The molecule has 0 bridgehead atoms. The Morgan fingerprint density at radius 3 is 2.20 bits per heavy atom. The molecule has 0 unspecified atom stereocenters. The molecule has 0 saturated carbocycles. The lowest BCUT2D eigenvalue weighted by atomic mass is 10.1. The van der Waals surface area contributed by atoms with Gasteiger partial charge in [-0.15, -0.1) is 0 Å². The highest BCUT2D eigenvalue weighted by molar-refractivity contribution is 6.34. The first-order valence-electron chi connectivity index (χ1n) is 8.31. The molecule has 0 aliphatic rings. The van der Waals surface area contributed by atoms with E-state index in [0.717, 1.165) is 0 Å². The number of halogens is 6. The molecule has 0 atom stereocenters. The van der Waals surface area contributed by atoms with E-state index in [4.69, 9.17) is 44.4 Å². The zero-order chi connectivity index (χ0) is 21.9. The standard InChI is InChI=1S/C20H12Cl3F3N2O2/c1-11(28-30-19-18(23)8-12(10-27-19)20(24,25)26)16-7-6-15(9-17(16)22)29-14-4-2-13(21)3-5-14/h2-10H,1H3. The van der Waals surface area contributed by atoms with E-state index in [0.29, 0.717) is 45.1 Å². The van der Waals surface area contributed by atoms with Gasteiger partial charge in [-0.1, -0.05) is 40.0 Å². The molecule has 3 aromatic rings. The number of rotatable bonds is 5. The van der Waals surface area contributed by atoms with Crippen molar-refractivity contribution in [1.29, 1.82) is 0 Å². The molecule has 156 valence electrons. The lowest BCUT2D eigenvalue weighted by molar-refractivity contribution is -0.137. The van der Waals surface area contributed by atoms with Crippen LogP contribution in [0.5, 0.6) is 17.4 Å². The summed E-state index contributed by atoms with van der Waals surface area (Å²) in [6, 6.07) is 12.5. The highest BCUT2D eigenvalue weighted by atomic mass is 35.5. The zero-order valence-electron chi connectivity index (χ0n) is 15.2. The maximum atomic E-state index is 12.7. The maximum absolute atomic E-state index is 12.7. The van der Waals surface area contributed by atoms with Crippen LogP contribution in [-0.4, -0.2) is 10.7 Å². The summed E-state index contributed by atoms with van der Waals surface area (Å²) in [5.41, 5.74) is -0.0983. The van der Waals surface area contributed by atoms with E-state index in [2.05, 4.69) is 10.1 Å². The highest BCUT2D eigenvalue weighted by Crippen LogP contribution is 2.33. The first kappa shape index (κ1) is 22.2. The fourth-order valence-corrected chi connectivity index (χ4v) is 2.93. The van der Waals surface area contributed by atoms with Crippen molar-refractivity contribution in [2.24, 2.45) is 5.16 Å². The van der Waals surface area contributed by atoms with Gasteiger partial charge in [0.25, 0.3) is 5.88 Å². The number of oxime groups is 1. The number of aromatic nitrogens is 1. The summed E-state index contributed by atoms with van der Waals surface area (Å²) in [5.74, 6) is 0.815. The topological polar surface area (TPSA) is 43.7 Å². The molecule has 4 nitrogen and oxygen atoms in total. The van der Waals surface area contributed by atoms with Gasteiger partial charge in [-0.2, -0.15) is 13.2 Å². The number of nitrogens with zero attached hydrogens (tertiary/aromatic N) is 2. The molecule has 3 rings (SSSR count). The first-order chi connectivity index (χ1) is 14.1. The molecule has 30 heavy (non-hydrogen) atoms. The summed E-state index contributed by atoms with van der Waals surface area (Å²) in [7, 11) is 0. The molecule has 0 amide bonds. The van der Waals surface area contributed by atoms with Crippen molar-refractivity contribution < 1.29 is 22.7 Å². The zero-order valence-corrected chi connectivity index (χ0v) is 17.4. The van der Waals surface area contributed by atoms with Crippen molar-refractivity contribution in [2.45, 2.75) is 13.1 Å². The summed E-state index contributed by atoms with van der Waals surface area (Å²) in [4.78, 5) is 8.64. The van der Waals surface area contributed by atoms with E-state index in [1.165, 1.54) is 0 Å². The van der Waals surface area contributed by atoms with Crippen LogP contribution >= 0.6 is 34.8 Å². The smallest absolute Gasteiger partial charge is 0.417 e. The van der Waals surface area contributed by atoms with Crippen LogP contribution in [-0.2, 0) is 6.18 Å². The predicted molar refractivity (Wildman–Crippen MR) is 110 cm³/mol. The van der Waals surface area contributed by atoms with E-state index in [9.17, 15) is 13.2 Å². The summed E-state index contributed by atoms with van der Waals surface area (Å²) < 4.78 is 43.7. The van der Waals surface area contributed by atoms with Crippen LogP contribution in [0.3, 0.4) is 0 Å². The van der Waals surface area contributed by atoms with E-state index in [1.54, 1.807) is 49.4 Å². The Morgan fingerprint density at radius 1 is 0.933 bits per heavy atom. The van der Waals surface area contributed by atoms with Crippen molar-refractivity contribution in [1.82, 2.24) is 4.98 Å². The number of hydrogen-bond donors (Lipinski definition) is 0. The van der Waals surface area contributed by atoms with Crippen molar-refractivity contribution in [3.8, 4) is 17.4 Å².